The van der Waals surface area contributed by atoms with Crippen LogP contribution in [0.5, 0.6) is 0 Å². The molecule has 108 valence electrons. The Labute approximate surface area is 150 Å². The van der Waals surface area contributed by atoms with Crippen molar-refractivity contribution in [1.82, 2.24) is 14.7 Å². The highest BCUT2D eigenvalue weighted by Gasteiger charge is 2.46. The van der Waals surface area contributed by atoms with E-state index in [1.165, 1.54) is 14.7 Å². The molecule has 1 saturated heterocycles. The van der Waals surface area contributed by atoms with Crippen molar-refractivity contribution in [2.75, 3.05) is 20.0 Å². The van der Waals surface area contributed by atoms with Crippen LogP contribution in [-0.4, -0.2) is 46.5 Å². The van der Waals surface area contributed by atoms with Crippen LogP contribution in [-0.2, 0) is 0 Å². The average molecular weight is 439 g/mol. The van der Waals surface area contributed by atoms with Crippen molar-refractivity contribution in [3.63, 3.8) is 0 Å². The van der Waals surface area contributed by atoms with Gasteiger partial charge in [-0.2, -0.15) is 0 Å². The van der Waals surface area contributed by atoms with Gasteiger partial charge in [0.25, 0.3) is 0 Å². The van der Waals surface area contributed by atoms with Gasteiger partial charge < -0.3 is 0 Å². The minimum Gasteiger partial charge on any atom is -0.233 e. The van der Waals surface area contributed by atoms with E-state index >= 15 is 0 Å². The van der Waals surface area contributed by atoms with Crippen LogP contribution in [0.25, 0.3) is 0 Å². The summed E-state index contributed by atoms with van der Waals surface area (Å²) in [7, 11) is 0. The molecule has 0 bridgehead atoms. The average Bonchev–Trinajstić information content (AvgIpc) is 2.13. The molecule has 0 aromatic rings. The lowest BCUT2D eigenvalue weighted by Crippen LogP contribution is -2.63. The van der Waals surface area contributed by atoms with Crippen molar-refractivity contribution in [1.29, 1.82) is 0 Å². The standard InChI is InChI=1S/C6H6Cl9N3/c7-4(8,9)16-1-17(5(10,11)12)3-18(2-16)6(13,14)15/h1-3H2. The first-order valence-corrected chi connectivity index (χ1v) is 7.67. The maximum Gasteiger partial charge on any atom is 0.249 e. The van der Waals surface area contributed by atoms with Crippen molar-refractivity contribution in [2.24, 2.45) is 0 Å². The van der Waals surface area contributed by atoms with Gasteiger partial charge in [0.05, 0.1) is 20.0 Å². The van der Waals surface area contributed by atoms with Crippen LogP contribution in [0.4, 0.5) is 0 Å². The van der Waals surface area contributed by atoms with E-state index in [9.17, 15) is 0 Å². The zero-order valence-electron chi connectivity index (χ0n) is 8.36. The third-order valence-corrected chi connectivity index (χ3v) is 4.25. The van der Waals surface area contributed by atoms with E-state index in [-0.39, 0.29) is 20.0 Å². The Morgan fingerprint density at radius 3 is 0.722 bits per heavy atom. The van der Waals surface area contributed by atoms with E-state index in [0.29, 0.717) is 0 Å². The number of hydrogen-bond donors (Lipinski definition) is 0. The molecule has 0 aromatic carbocycles. The molecule has 0 atom stereocenters. The second kappa shape index (κ2) is 6.31. The van der Waals surface area contributed by atoms with Crippen LogP contribution in [0.2, 0.25) is 0 Å². The zero-order valence-corrected chi connectivity index (χ0v) is 15.2. The highest BCUT2D eigenvalue weighted by atomic mass is 35.6. The topological polar surface area (TPSA) is 9.72 Å². The van der Waals surface area contributed by atoms with Gasteiger partial charge in [0.2, 0.25) is 11.7 Å². The summed E-state index contributed by atoms with van der Waals surface area (Å²) in [5.74, 6) is 0. The fourth-order valence-corrected chi connectivity index (χ4v) is 2.20. The van der Waals surface area contributed by atoms with Gasteiger partial charge in [-0.1, -0.05) is 104 Å². The summed E-state index contributed by atoms with van der Waals surface area (Å²) in [6.45, 7) is 0.263. The van der Waals surface area contributed by atoms with Gasteiger partial charge >= 0.3 is 0 Å². The summed E-state index contributed by atoms with van der Waals surface area (Å²) >= 11 is 52.1. The van der Waals surface area contributed by atoms with Gasteiger partial charge in [-0.15, -0.1) is 0 Å². The predicted octanol–water partition coefficient (Wildman–Crippen LogP) is 4.76. The van der Waals surface area contributed by atoms with E-state index in [0.717, 1.165) is 0 Å². The summed E-state index contributed by atoms with van der Waals surface area (Å²) in [5.41, 5.74) is 0. The van der Waals surface area contributed by atoms with Gasteiger partial charge in [0, 0.05) is 0 Å². The fraction of sp³-hybridized carbons (Fsp3) is 1.00. The molecule has 1 aliphatic rings. The summed E-state index contributed by atoms with van der Waals surface area (Å²) in [6, 6.07) is 0. The van der Waals surface area contributed by atoms with Gasteiger partial charge in [0.15, 0.2) is 0 Å². The van der Waals surface area contributed by atoms with Crippen molar-refractivity contribution >= 4 is 104 Å². The molecule has 0 unspecified atom stereocenters. The third kappa shape index (κ3) is 5.36. The van der Waals surface area contributed by atoms with E-state index in [2.05, 4.69) is 0 Å². The van der Waals surface area contributed by atoms with E-state index in [1.54, 1.807) is 0 Å². The monoisotopic (exact) mass is 435 g/mol. The van der Waals surface area contributed by atoms with E-state index < -0.39 is 11.7 Å². The number of nitrogens with zero attached hydrogens (tertiary/aromatic N) is 3. The maximum absolute atomic E-state index is 5.79. The molecule has 3 nitrogen and oxygen atoms in total. The minimum atomic E-state index is -1.72. The van der Waals surface area contributed by atoms with Crippen molar-refractivity contribution in [3.05, 3.63) is 0 Å². The molecule has 12 heteroatoms. The van der Waals surface area contributed by atoms with Crippen LogP contribution in [0.3, 0.4) is 0 Å². The maximum atomic E-state index is 5.79. The SMILES string of the molecule is ClC(Cl)(Cl)N1CN(C(Cl)(Cl)Cl)CN(C(Cl)(Cl)Cl)C1. The number of halogens is 9. The molecule has 0 aliphatic carbocycles. The quantitative estimate of drug-likeness (QED) is 0.398. The Hall–Kier alpha value is 2.49. The largest absolute Gasteiger partial charge is 0.249 e. The van der Waals surface area contributed by atoms with E-state index in [1.807, 2.05) is 0 Å². The number of rotatable bonds is 0. The van der Waals surface area contributed by atoms with Gasteiger partial charge in [-0.25, -0.2) is 14.7 Å². The molecular weight excluding hydrogens is 433 g/mol. The smallest absolute Gasteiger partial charge is 0.233 e. The molecule has 1 rings (SSSR count). The van der Waals surface area contributed by atoms with Crippen LogP contribution < -0.4 is 0 Å². The molecule has 1 heterocycles. The number of hydrogen-bond acceptors (Lipinski definition) is 3. The Balaban J connectivity index is 2.93. The molecule has 0 aromatic heterocycles. The normalized spacial score (nSPS) is 22.5. The van der Waals surface area contributed by atoms with E-state index in [4.69, 9.17) is 104 Å². The summed E-state index contributed by atoms with van der Waals surface area (Å²) in [5, 5.41) is 0. The highest BCUT2D eigenvalue weighted by molar-refractivity contribution is 6.68. The summed E-state index contributed by atoms with van der Waals surface area (Å²) in [4.78, 5) is 4.06. The molecule has 0 spiro atoms. The number of alkyl halides is 9. The highest BCUT2D eigenvalue weighted by Crippen LogP contribution is 2.41. The molecule has 18 heavy (non-hydrogen) atoms. The first-order valence-electron chi connectivity index (χ1n) is 4.27. The lowest BCUT2D eigenvalue weighted by Gasteiger charge is -2.48. The first-order chi connectivity index (χ1) is 7.82. The second-order valence-electron chi connectivity index (χ2n) is 3.45. The molecule has 1 fully saturated rings. The first kappa shape index (κ1) is 18.5. The summed E-state index contributed by atoms with van der Waals surface area (Å²) < 4.78 is -5.16. The predicted molar refractivity (Wildman–Crippen MR) is 81.0 cm³/mol. The van der Waals surface area contributed by atoms with Gasteiger partial charge in [-0.05, 0) is 0 Å². The Morgan fingerprint density at radius 1 is 0.444 bits per heavy atom. The van der Waals surface area contributed by atoms with Crippen LogP contribution in [0.15, 0.2) is 0 Å². The van der Waals surface area contributed by atoms with Gasteiger partial charge in [0.1, 0.15) is 0 Å². The third-order valence-electron chi connectivity index (χ3n) is 2.10. The lowest BCUT2D eigenvalue weighted by atomic mass is 10.5. The van der Waals surface area contributed by atoms with Crippen LogP contribution in [0.1, 0.15) is 0 Å². The minimum absolute atomic E-state index is 0.0875. The molecular formula is C6H6Cl9N3. The molecule has 0 N–H and O–H groups in total. The lowest BCUT2D eigenvalue weighted by molar-refractivity contribution is -0.0360. The molecule has 0 radical (unpaired) electrons. The van der Waals surface area contributed by atoms with Crippen molar-refractivity contribution in [2.45, 2.75) is 11.7 Å². The van der Waals surface area contributed by atoms with Crippen LogP contribution >= 0.6 is 104 Å². The summed E-state index contributed by atoms with van der Waals surface area (Å²) in [6.07, 6.45) is 0. The Bertz CT molecular complexity index is 239. The fourth-order valence-electron chi connectivity index (χ4n) is 1.23. The zero-order chi connectivity index (χ0) is 14.4. The second-order valence-corrected chi connectivity index (χ2v) is 10.1. The Kier molecular flexibility index (Phi) is 6.50. The molecule has 0 saturated carbocycles. The van der Waals surface area contributed by atoms with Gasteiger partial charge in [-0.3, -0.25) is 0 Å². The molecule has 0 amide bonds. The molecule has 1 aliphatic heterocycles. The van der Waals surface area contributed by atoms with Crippen molar-refractivity contribution < 1.29 is 0 Å². The van der Waals surface area contributed by atoms with Crippen LogP contribution in [0, 0.1) is 0 Å². The van der Waals surface area contributed by atoms with Crippen molar-refractivity contribution in [3.8, 4) is 0 Å². The Morgan fingerprint density at radius 2 is 0.611 bits per heavy atom.